The number of nitrogens with zero attached hydrogens (tertiary/aromatic N) is 2. The number of carbonyl (C=O) groups excluding carboxylic acids is 1. The first-order chi connectivity index (χ1) is 10.8. The quantitative estimate of drug-likeness (QED) is 0.725. The van der Waals surface area contributed by atoms with Gasteiger partial charge in [0.2, 0.25) is 5.78 Å². The number of aliphatic hydroxyl groups excluding tert-OH is 1. The highest BCUT2D eigenvalue weighted by Gasteiger charge is 2.37. The van der Waals surface area contributed by atoms with Crippen molar-refractivity contribution in [1.29, 1.82) is 0 Å². The standard InChI is InChI=1S/C14H13F3N4O2.H2/c15-14(16,17)9-3-4-10(19-6-7-22)21-11(9)12(23)8-2-1-5-20-13(8)18;/h1-5,22H,6-7H2,(H2,18,20)(H,19,21);1H. The molecule has 0 amide bonds. The summed E-state index contributed by atoms with van der Waals surface area (Å²) in [5.74, 6) is -1.12. The van der Waals surface area contributed by atoms with Crippen molar-refractivity contribution in [3.8, 4) is 0 Å². The molecule has 6 nitrogen and oxygen atoms in total. The first-order valence-electron chi connectivity index (χ1n) is 6.52. The van der Waals surface area contributed by atoms with Crippen LogP contribution in [-0.4, -0.2) is 34.0 Å². The molecule has 0 radical (unpaired) electrons. The number of nitrogens with one attached hydrogen (secondary N) is 1. The number of carbonyl (C=O) groups is 1. The van der Waals surface area contributed by atoms with E-state index < -0.39 is 23.2 Å². The Morgan fingerprint density at radius 3 is 2.70 bits per heavy atom. The van der Waals surface area contributed by atoms with Crippen LogP contribution in [0.15, 0.2) is 30.5 Å². The van der Waals surface area contributed by atoms with Crippen LogP contribution in [0.1, 0.15) is 23.0 Å². The topological polar surface area (TPSA) is 101 Å². The molecule has 2 heterocycles. The molecule has 23 heavy (non-hydrogen) atoms. The molecule has 0 spiro atoms. The maximum Gasteiger partial charge on any atom is 0.418 e. The Balaban J connectivity index is 0.00000288. The van der Waals surface area contributed by atoms with Crippen LogP contribution < -0.4 is 11.1 Å². The van der Waals surface area contributed by atoms with Gasteiger partial charge in [0, 0.05) is 14.2 Å². The van der Waals surface area contributed by atoms with E-state index in [1.807, 2.05) is 0 Å². The van der Waals surface area contributed by atoms with Gasteiger partial charge in [-0.05, 0) is 24.3 Å². The van der Waals surface area contributed by atoms with E-state index in [1.54, 1.807) is 0 Å². The Labute approximate surface area is 130 Å². The van der Waals surface area contributed by atoms with Gasteiger partial charge in [-0.1, -0.05) is 0 Å². The third kappa shape index (κ3) is 3.75. The smallest absolute Gasteiger partial charge is 0.395 e. The van der Waals surface area contributed by atoms with Crippen molar-refractivity contribution >= 4 is 17.4 Å². The zero-order chi connectivity index (χ0) is 17.0. The largest absolute Gasteiger partial charge is 0.418 e. The summed E-state index contributed by atoms with van der Waals surface area (Å²) >= 11 is 0. The number of anilines is 2. The average Bonchev–Trinajstić information content (AvgIpc) is 2.51. The molecule has 0 bridgehead atoms. The van der Waals surface area contributed by atoms with Gasteiger partial charge in [0.15, 0.2) is 0 Å². The van der Waals surface area contributed by atoms with E-state index in [2.05, 4.69) is 15.3 Å². The lowest BCUT2D eigenvalue weighted by Crippen LogP contribution is -2.18. The van der Waals surface area contributed by atoms with Crippen molar-refractivity contribution in [2.24, 2.45) is 0 Å². The van der Waals surface area contributed by atoms with E-state index in [1.165, 1.54) is 18.3 Å². The number of hydrogen-bond acceptors (Lipinski definition) is 6. The normalized spacial score (nSPS) is 11.3. The molecule has 0 aliphatic rings. The second kappa shape index (κ2) is 6.61. The first-order valence-corrected chi connectivity index (χ1v) is 6.52. The molecule has 2 aromatic heterocycles. The van der Waals surface area contributed by atoms with Gasteiger partial charge in [0.25, 0.3) is 0 Å². The number of aliphatic hydroxyl groups is 1. The van der Waals surface area contributed by atoms with Crippen molar-refractivity contribution in [3.63, 3.8) is 0 Å². The minimum absolute atomic E-state index is 0. The average molecular weight is 328 g/mol. The van der Waals surface area contributed by atoms with Crippen LogP contribution >= 0.6 is 0 Å². The second-order valence-electron chi connectivity index (χ2n) is 4.51. The van der Waals surface area contributed by atoms with Gasteiger partial charge in [-0.15, -0.1) is 0 Å². The van der Waals surface area contributed by atoms with Gasteiger partial charge in [-0.3, -0.25) is 4.79 Å². The van der Waals surface area contributed by atoms with E-state index >= 15 is 0 Å². The fraction of sp³-hybridized carbons (Fsp3) is 0.214. The monoisotopic (exact) mass is 328 g/mol. The number of alkyl halides is 3. The molecule has 0 atom stereocenters. The minimum atomic E-state index is -4.75. The van der Waals surface area contributed by atoms with Crippen LogP contribution in [0.3, 0.4) is 0 Å². The minimum Gasteiger partial charge on any atom is -0.395 e. The maximum absolute atomic E-state index is 13.1. The van der Waals surface area contributed by atoms with Crippen LogP contribution in [0.25, 0.3) is 0 Å². The first kappa shape index (κ1) is 16.7. The van der Waals surface area contributed by atoms with Gasteiger partial charge in [0.05, 0.1) is 17.7 Å². The van der Waals surface area contributed by atoms with Crippen molar-refractivity contribution in [3.05, 3.63) is 47.3 Å². The molecule has 0 saturated carbocycles. The van der Waals surface area contributed by atoms with Crippen LogP contribution in [-0.2, 0) is 6.18 Å². The van der Waals surface area contributed by atoms with Crippen LogP contribution in [0.4, 0.5) is 24.8 Å². The van der Waals surface area contributed by atoms with Crippen molar-refractivity contribution < 1.29 is 24.5 Å². The summed E-state index contributed by atoms with van der Waals surface area (Å²) < 4.78 is 39.3. The number of hydrogen-bond donors (Lipinski definition) is 3. The number of nitrogens with two attached hydrogens (primary N) is 1. The highest BCUT2D eigenvalue weighted by molar-refractivity contribution is 6.11. The molecule has 0 fully saturated rings. The molecule has 2 rings (SSSR count). The number of nitrogen functional groups attached to an aromatic ring is 1. The maximum atomic E-state index is 13.1. The summed E-state index contributed by atoms with van der Waals surface area (Å²) in [5.41, 5.74) is 3.44. The Morgan fingerprint density at radius 2 is 2.09 bits per heavy atom. The third-order valence-electron chi connectivity index (χ3n) is 2.92. The van der Waals surface area contributed by atoms with Gasteiger partial charge < -0.3 is 16.2 Å². The molecule has 2 aromatic rings. The Hall–Kier alpha value is -2.68. The predicted octanol–water partition coefficient (Wildman–Crippen LogP) is 1.96. The highest BCUT2D eigenvalue weighted by Crippen LogP contribution is 2.33. The lowest BCUT2D eigenvalue weighted by atomic mass is 10.0. The molecule has 0 aliphatic heterocycles. The van der Waals surface area contributed by atoms with E-state index in [0.717, 1.165) is 12.1 Å². The Bertz CT molecular complexity index is 725. The number of rotatable bonds is 5. The van der Waals surface area contributed by atoms with Crippen LogP contribution in [0.2, 0.25) is 0 Å². The molecule has 0 aliphatic carbocycles. The predicted molar refractivity (Wildman–Crippen MR) is 79.0 cm³/mol. The molecule has 0 aromatic carbocycles. The number of halogens is 3. The summed E-state index contributed by atoms with van der Waals surface area (Å²) in [6.45, 7) is -0.150. The van der Waals surface area contributed by atoms with Crippen molar-refractivity contribution in [2.45, 2.75) is 6.18 Å². The molecule has 124 valence electrons. The summed E-state index contributed by atoms with van der Waals surface area (Å²) in [6, 6.07) is 4.51. The zero-order valence-electron chi connectivity index (χ0n) is 11.8. The fourth-order valence-corrected chi connectivity index (χ4v) is 1.88. The Morgan fingerprint density at radius 1 is 1.35 bits per heavy atom. The number of ketones is 1. The molecule has 9 heteroatoms. The van der Waals surface area contributed by atoms with E-state index in [9.17, 15) is 18.0 Å². The van der Waals surface area contributed by atoms with E-state index in [4.69, 9.17) is 10.8 Å². The van der Waals surface area contributed by atoms with E-state index in [0.29, 0.717) is 0 Å². The summed E-state index contributed by atoms with van der Waals surface area (Å²) in [4.78, 5) is 19.8. The SMILES string of the molecule is Nc1ncccc1C(=O)c1nc(NCCO)ccc1C(F)(F)F.[HH]. The van der Waals surface area contributed by atoms with Crippen LogP contribution in [0, 0.1) is 0 Å². The zero-order valence-corrected chi connectivity index (χ0v) is 11.8. The number of pyridine rings is 2. The van der Waals surface area contributed by atoms with Crippen molar-refractivity contribution in [2.75, 3.05) is 24.2 Å². The summed E-state index contributed by atoms with van der Waals surface area (Å²) in [5, 5.41) is 11.3. The third-order valence-corrected chi connectivity index (χ3v) is 2.92. The molecule has 4 N–H and O–H groups in total. The van der Waals surface area contributed by atoms with Gasteiger partial charge >= 0.3 is 6.18 Å². The Kier molecular flexibility index (Phi) is 4.80. The summed E-state index contributed by atoms with van der Waals surface area (Å²) in [6.07, 6.45) is -3.42. The van der Waals surface area contributed by atoms with Gasteiger partial charge in [-0.25, -0.2) is 9.97 Å². The van der Waals surface area contributed by atoms with Crippen molar-refractivity contribution in [1.82, 2.24) is 9.97 Å². The van der Waals surface area contributed by atoms with Gasteiger partial charge in [-0.2, -0.15) is 13.2 Å². The lowest BCUT2D eigenvalue weighted by Gasteiger charge is -2.14. The highest BCUT2D eigenvalue weighted by atomic mass is 19.4. The summed E-state index contributed by atoms with van der Waals surface area (Å²) in [7, 11) is 0. The van der Waals surface area contributed by atoms with Gasteiger partial charge in [0.1, 0.15) is 17.3 Å². The van der Waals surface area contributed by atoms with Crippen LogP contribution in [0.5, 0.6) is 0 Å². The molecule has 0 unspecified atom stereocenters. The lowest BCUT2D eigenvalue weighted by molar-refractivity contribution is -0.138. The fourth-order valence-electron chi connectivity index (χ4n) is 1.88. The number of aromatic nitrogens is 2. The molecular formula is C14H15F3N4O2. The van der Waals surface area contributed by atoms with E-state index in [-0.39, 0.29) is 31.8 Å². The molecular weight excluding hydrogens is 313 g/mol. The molecule has 0 saturated heterocycles. The second-order valence-corrected chi connectivity index (χ2v) is 4.51.